The maximum absolute atomic E-state index is 12.4. The van der Waals surface area contributed by atoms with E-state index in [4.69, 9.17) is 9.47 Å². The number of rotatable bonds is 0. The molecule has 2 saturated heterocycles. The number of carbonyl (C=O) groups excluding carboxylic acids is 1. The third-order valence-corrected chi connectivity index (χ3v) is 3.90. The maximum Gasteiger partial charge on any atom is 0.410 e. The van der Waals surface area contributed by atoms with Crippen LogP contribution in [-0.2, 0) is 9.47 Å². The third-order valence-electron chi connectivity index (χ3n) is 3.90. The van der Waals surface area contributed by atoms with Crippen LogP contribution in [0.15, 0.2) is 0 Å². The minimum Gasteiger partial charge on any atom is -0.444 e. The number of nitrogens with zero attached hydrogens (tertiary/aromatic N) is 1. The quantitative estimate of drug-likeness (QED) is 0.731. The van der Waals surface area contributed by atoms with Gasteiger partial charge in [0.1, 0.15) is 5.60 Å². The van der Waals surface area contributed by atoms with Crippen molar-refractivity contribution in [2.24, 2.45) is 0 Å². The number of ether oxygens (including phenoxy) is 2. The van der Waals surface area contributed by atoms with Gasteiger partial charge in [-0.25, -0.2) is 4.79 Å². The van der Waals surface area contributed by atoms with Crippen molar-refractivity contribution in [2.45, 2.75) is 63.7 Å². The molecular weight excluding hydrogens is 246 g/mol. The van der Waals surface area contributed by atoms with Crippen LogP contribution in [0.5, 0.6) is 0 Å². The number of carbonyl (C=O) groups is 1. The molecule has 2 unspecified atom stereocenters. The van der Waals surface area contributed by atoms with Crippen LogP contribution in [0.25, 0.3) is 0 Å². The molecule has 5 heteroatoms. The largest absolute Gasteiger partial charge is 0.444 e. The average molecular weight is 271 g/mol. The molecular formula is C14H25NO4. The standard InChI is InChI=1S/C14H25NO4/c1-13(2,3)19-12(17)15-8-5-4-7-14(15)10-18-9-6-11(14)16/h11,16H,4-10H2,1-3H3. The van der Waals surface area contributed by atoms with E-state index < -0.39 is 17.2 Å². The molecule has 0 aromatic heterocycles. The SMILES string of the molecule is CC(C)(C)OC(=O)N1CCCCC12COCCC2O. The molecule has 1 amide bonds. The minimum absolute atomic E-state index is 0.336. The molecule has 2 heterocycles. The van der Waals surface area contributed by atoms with E-state index in [9.17, 15) is 9.90 Å². The fraction of sp³-hybridized carbons (Fsp3) is 0.929. The van der Waals surface area contributed by atoms with E-state index in [0.717, 1.165) is 19.3 Å². The monoisotopic (exact) mass is 271 g/mol. The summed E-state index contributed by atoms with van der Waals surface area (Å²) in [6.45, 7) is 7.17. The third kappa shape index (κ3) is 3.03. The summed E-state index contributed by atoms with van der Waals surface area (Å²) in [5.74, 6) is 0. The number of hydrogen-bond acceptors (Lipinski definition) is 4. The number of hydrogen-bond donors (Lipinski definition) is 1. The van der Waals surface area contributed by atoms with E-state index in [1.165, 1.54) is 0 Å². The van der Waals surface area contributed by atoms with Crippen LogP contribution in [0.2, 0.25) is 0 Å². The molecule has 0 saturated carbocycles. The fourth-order valence-electron chi connectivity index (χ4n) is 2.95. The second-order valence-corrected chi connectivity index (χ2v) is 6.55. The molecule has 2 aliphatic heterocycles. The summed E-state index contributed by atoms with van der Waals surface area (Å²) in [4.78, 5) is 14.1. The highest BCUT2D eigenvalue weighted by atomic mass is 16.6. The number of likely N-dealkylation sites (tertiary alicyclic amines) is 1. The molecule has 19 heavy (non-hydrogen) atoms. The van der Waals surface area contributed by atoms with Crippen molar-refractivity contribution in [3.63, 3.8) is 0 Å². The normalized spacial score (nSPS) is 32.4. The second kappa shape index (κ2) is 5.29. The highest BCUT2D eigenvalue weighted by molar-refractivity contribution is 5.69. The number of piperidine rings is 1. The minimum atomic E-state index is -0.584. The zero-order valence-corrected chi connectivity index (χ0v) is 12.1. The van der Waals surface area contributed by atoms with E-state index in [1.807, 2.05) is 20.8 Å². The molecule has 0 aromatic rings. The summed E-state index contributed by atoms with van der Waals surface area (Å²) in [6, 6.07) is 0. The van der Waals surface area contributed by atoms with E-state index in [-0.39, 0.29) is 6.09 Å². The smallest absolute Gasteiger partial charge is 0.410 e. The fourth-order valence-corrected chi connectivity index (χ4v) is 2.95. The Morgan fingerprint density at radius 1 is 1.42 bits per heavy atom. The Morgan fingerprint density at radius 2 is 2.16 bits per heavy atom. The van der Waals surface area contributed by atoms with E-state index in [0.29, 0.717) is 26.2 Å². The number of amides is 1. The Labute approximate surface area is 114 Å². The van der Waals surface area contributed by atoms with Crippen LogP contribution in [-0.4, -0.2) is 53.1 Å². The lowest BCUT2D eigenvalue weighted by Gasteiger charge is -2.51. The molecule has 0 aliphatic carbocycles. The van der Waals surface area contributed by atoms with Crippen molar-refractivity contribution in [2.75, 3.05) is 19.8 Å². The molecule has 0 aromatic carbocycles. The summed E-state index contributed by atoms with van der Waals surface area (Å²) in [5, 5.41) is 10.4. The molecule has 110 valence electrons. The predicted molar refractivity (Wildman–Crippen MR) is 71.0 cm³/mol. The first-order chi connectivity index (χ1) is 8.85. The zero-order chi connectivity index (χ0) is 14.1. The van der Waals surface area contributed by atoms with Gasteiger partial charge in [0.25, 0.3) is 0 Å². The molecule has 2 aliphatic rings. The van der Waals surface area contributed by atoms with Gasteiger partial charge in [0.05, 0.1) is 18.2 Å². The van der Waals surface area contributed by atoms with Gasteiger partial charge in [0, 0.05) is 13.2 Å². The van der Waals surface area contributed by atoms with Crippen molar-refractivity contribution in [1.29, 1.82) is 0 Å². The molecule has 1 N–H and O–H groups in total. The Hall–Kier alpha value is -0.810. The van der Waals surface area contributed by atoms with Gasteiger partial charge in [0.2, 0.25) is 0 Å². The Morgan fingerprint density at radius 3 is 2.79 bits per heavy atom. The first kappa shape index (κ1) is 14.6. The average Bonchev–Trinajstić information content (AvgIpc) is 2.31. The summed E-state index contributed by atoms with van der Waals surface area (Å²) in [5.41, 5.74) is -1.10. The first-order valence-corrected chi connectivity index (χ1v) is 7.12. The Balaban J connectivity index is 2.17. The molecule has 2 atom stereocenters. The van der Waals surface area contributed by atoms with Crippen LogP contribution >= 0.6 is 0 Å². The Bertz CT molecular complexity index is 333. The lowest BCUT2D eigenvalue weighted by atomic mass is 9.80. The molecule has 2 fully saturated rings. The molecule has 1 spiro atoms. The van der Waals surface area contributed by atoms with Gasteiger partial charge in [-0.05, 0) is 46.5 Å². The van der Waals surface area contributed by atoms with Crippen LogP contribution < -0.4 is 0 Å². The topological polar surface area (TPSA) is 59.0 Å². The molecule has 5 nitrogen and oxygen atoms in total. The first-order valence-electron chi connectivity index (χ1n) is 7.12. The zero-order valence-electron chi connectivity index (χ0n) is 12.1. The summed E-state index contributed by atoms with van der Waals surface area (Å²) in [6.07, 6.45) is 2.48. The van der Waals surface area contributed by atoms with Crippen molar-refractivity contribution in [1.82, 2.24) is 4.90 Å². The van der Waals surface area contributed by atoms with Crippen LogP contribution in [0.4, 0.5) is 4.79 Å². The van der Waals surface area contributed by atoms with Crippen molar-refractivity contribution in [3.05, 3.63) is 0 Å². The molecule has 0 radical (unpaired) electrons. The summed E-state index contributed by atoms with van der Waals surface area (Å²) >= 11 is 0. The lowest BCUT2D eigenvalue weighted by molar-refractivity contribution is -0.135. The lowest BCUT2D eigenvalue weighted by Crippen LogP contribution is -2.66. The van der Waals surface area contributed by atoms with Gasteiger partial charge in [-0.3, -0.25) is 4.90 Å². The van der Waals surface area contributed by atoms with Gasteiger partial charge in [0.15, 0.2) is 0 Å². The van der Waals surface area contributed by atoms with Gasteiger partial charge >= 0.3 is 6.09 Å². The predicted octanol–water partition coefficient (Wildman–Crippen LogP) is 1.93. The van der Waals surface area contributed by atoms with Gasteiger partial charge < -0.3 is 14.6 Å². The highest BCUT2D eigenvalue weighted by Crippen LogP contribution is 2.36. The van der Waals surface area contributed by atoms with Gasteiger partial charge in [-0.1, -0.05) is 0 Å². The second-order valence-electron chi connectivity index (χ2n) is 6.55. The van der Waals surface area contributed by atoms with Gasteiger partial charge in [-0.2, -0.15) is 0 Å². The maximum atomic E-state index is 12.4. The van der Waals surface area contributed by atoms with Crippen molar-refractivity contribution >= 4 is 6.09 Å². The summed E-state index contributed by atoms with van der Waals surface area (Å²) in [7, 11) is 0. The van der Waals surface area contributed by atoms with E-state index in [1.54, 1.807) is 4.90 Å². The van der Waals surface area contributed by atoms with Crippen LogP contribution in [0.1, 0.15) is 46.5 Å². The van der Waals surface area contributed by atoms with Crippen molar-refractivity contribution in [3.8, 4) is 0 Å². The molecule has 2 rings (SSSR count). The van der Waals surface area contributed by atoms with Gasteiger partial charge in [-0.15, -0.1) is 0 Å². The van der Waals surface area contributed by atoms with E-state index in [2.05, 4.69) is 0 Å². The highest BCUT2D eigenvalue weighted by Gasteiger charge is 2.50. The van der Waals surface area contributed by atoms with Crippen LogP contribution in [0, 0.1) is 0 Å². The summed E-state index contributed by atoms with van der Waals surface area (Å²) < 4.78 is 11.0. The Kier molecular flexibility index (Phi) is 4.06. The molecule has 0 bridgehead atoms. The van der Waals surface area contributed by atoms with E-state index >= 15 is 0 Å². The van der Waals surface area contributed by atoms with Crippen LogP contribution in [0.3, 0.4) is 0 Å². The van der Waals surface area contributed by atoms with Crippen molar-refractivity contribution < 1.29 is 19.4 Å². The number of aliphatic hydroxyl groups is 1. The number of aliphatic hydroxyl groups excluding tert-OH is 1.